The van der Waals surface area contributed by atoms with Gasteiger partial charge in [-0.1, -0.05) is 0 Å². The van der Waals surface area contributed by atoms with Crippen molar-refractivity contribution in [2.45, 2.75) is 44.6 Å². The molecule has 1 atom stereocenters. The van der Waals surface area contributed by atoms with Gasteiger partial charge in [0.15, 0.2) is 0 Å². The van der Waals surface area contributed by atoms with E-state index in [0.717, 1.165) is 19.3 Å². The summed E-state index contributed by atoms with van der Waals surface area (Å²) in [5.41, 5.74) is 1.25. The van der Waals surface area contributed by atoms with Gasteiger partial charge in [-0.05, 0) is 49.1 Å². The van der Waals surface area contributed by atoms with Gasteiger partial charge in [0, 0.05) is 17.8 Å². The molecule has 0 spiro atoms. The van der Waals surface area contributed by atoms with Crippen LogP contribution in [0.2, 0.25) is 0 Å². The van der Waals surface area contributed by atoms with Gasteiger partial charge in [0.25, 0.3) is 0 Å². The van der Waals surface area contributed by atoms with Crippen molar-refractivity contribution in [3.63, 3.8) is 0 Å². The van der Waals surface area contributed by atoms with Crippen LogP contribution in [0.1, 0.15) is 48.6 Å². The number of aliphatic carboxylic acids is 1. The third-order valence-corrected chi connectivity index (χ3v) is 4.46. The van der Waals surface area contributed by atoms with E-state index in [1.54, 1.807) is 11.3 Å². The predicted octanol–water partition coefficient (Wildman–Crippen LogP) is 2.68. The molecule has 1 heterocycles. The molecular formula is C14H20N2O3S. The zero-order valence-corrected chi connectivity index (χ0v) is 12.2. The van der Waals surface area contributed by atoms with Gasteiger partial charge in [-0.3, -0.25) is 4.79 Å². The molecule has 0 fully saturated rings. The van der Waals surface area contributed by atoms with Crippen molar-refractivity contribution in [1.82, 2.24) is 10.6 Å². The Morgan fingerprint density at radius 3 is 3.05 bits per heavy atom. The lowest BCUT2D eigenvalue weighted by Gasteiger charge is -2.23. The smallest absolute Gasteiger partial charge is 0.315 e. The van der Waals surface area contributed by atoms with E-state index in [2.05, 4.69) is 22.1 Å². The van der Waals surface area contributed by atoms with Crippen LogP contribution in [0.25, 0.3) is 0 Å². The molecule has 0 radical (unpaired) electrons. The zero-order chi connectivity index (χ0) is 14.4. The van der Waals surface area contributed by atoms with Crippen molar-refractivity contribution in [3.05, 3.63) is 21.9 Å². The highest BCUT2D eigenvalue weighted by Crippen LogP contribution is 2.33. The fraction of sp³-hybridized carbons (Fsp3) is 0.571. The van der Waals surface area contributed by atoms with Gasteiger partial charge in [-0.2, -0.15) is 0 Å². The monoisotopic (exact) mass is 296 g/mol. The number of unbranched alkanes of at least 4 members (excludes halogenated alkanes) is 1. The van der Waals surface area contributed by atoms with Crippen LogP contribution in [0.5, 0.6) is 0 Å². The molecule has 0 aliphatic heterocycles. The lowest BCUT2D eigenvalue weighted by atomic mass is 9.94. The first kappa shape index (κ1) is 14.8. The molecule has 5 nitrogen and oxygen atoms in total. The third-order valence-electron chi connectivity index (χ3n) is 3.46. The van der Waals surface area contributed by atoms with Gasteiger partial charge in [-0.25, -0.2) is 4.79 Å². The van der Waals surface area contributed by atoms with Crippen LogP contribution < -0.4 is 10.6 Å². The molecule has 1 aromatic heterocycles. The Morgan fingerprint density at radius 1 is 1.40 bits per heavy atom. The van der Waals surface area contributed by atoms with Crippen LogP contribution >= 0.6 is 11.3 Å². The number of hydrogen-bond donors (Lipinski definition) is 3. The second kappa shape index (κ2) is 7.28. The molecule has 2 amide bonds. The largest absolute Gasteiger partial charge is 0.481 e. The van der Waals surface area contributed by atoms with E-state index in [4.69, 9.17) is 5.11 Å². The number of aryl methyl sites for hydroxylation is 1. The first-order chi connectivity index (χ1) is 9.66. The van der Waals surface area contributed by atoms with Gasteiger partial charge in [0.1, 0.15) is 0 Å². The Balaban J connectivity index is 1.69. The number of urea groups is 1. The molecular weight excluding hydrogens is 276 g/mol. The number of carboxylic acid groups (broad SMARTS) is 1. The minimum atomic E-state index is -0.790. The van der Waals surface area contributed by atoms with Crippen LogP contribution in [0.15, 0.2) is 11.4 Å². The van der Waals surface area contributed by atoms with E-state index >= 15 is 0 Å². The number of carboxylic acids is 1. The Hall–Kier alpha value is -1.56. The topological polar surface area (TPSA) is 78.4 Å². The molecule has 1 aromatic rings. The number of rotatable bonds is 6. The summed E-state index contributed by atoms with van der Waals surface area (Å²) in [5, 5.41) is 16.4. The number of carbonyl (C=O) groups is 2. The Bertz CT molecular complexity index is 473. The number of hydrogen-bond acceptors (Lipinski definition) is 3. The van der Waals surface area contributed by atoms with Gasteiger partial charge in [0.05, 0.1) is 6.04 Å². The molecule has 0 aromatic carbocycles. The predicted molar refractivity (Wildman–Crippen MR) is 78.0 cm³/mol. The van der Waals surface area contributed by atoms with Crippen LogP contribution in [-0.4, -0.2) is 23.7 Å². The number of thiophene rings is 1. The minimum absolute atomic E-state index is 0.115. The second-order valence-electron chi connectivity index (χ2n) is 5.00. The van der Waals surface area contributed by atoms with Crippen molar-refractivity contribution in [2.75, 3.05) is 6.54 Å². The second-order valence-corrected chi connectivity index (χ2v) is 6.00. The average Bonchev–Trinajstić information content (AvgIpc) is 2.87. The highest BCUT2D eigenvalue weighted by atomic mass is 32.1. The lowest BCUT2D eigenvalue weighted by molar-refractivity contribution is -0.137. The lowest BCUT2D eigenvalue weighted by Crippen LogP contribution is -2.39. The first-order valence-corrected chi connectivity index (χ1v) is 7.87. The van der Waals surface area contributed by atoms with E-state index in [1.165, 1.54) is 10.4 Å². The summed E-state index contributed by atoms with van der Waals surface area (Å²) in [7, 11) is 0. The van der Waals surface area contributed by atoms with E-state index in [-0.39, 0.29) is 18.5 Å². The van der Waals surface area contributed by atoms with Crippen molar-refractivity contribution in [3.8, 4) is 0 Å². The molecule has 1 aliphatic rings. The molecule has 110 valence electrons. The maximum Gasteiger partial charge on any atom is 0.315 e. The Labute approximate surface area is 122 Å². The summed E-state index contributed by atoms with van der Waals surface area (Å²) in [6, 6.07) is 2.05. The quantitative estimate of drug-likeness (QED) is 0.706. The van der Waals surface area contributed by atoms with E-state index in [1.807, 2.05) is 0 Å². The number of fused-ring (bicyclic) bond motifs is 1. The van der Waals surface area contributed by atoms with Gasteiger partial charge >= 0.3 is 12.0 Å². The standard InChI is InChI=1S/C14H20N2O3S/c17-13(18)6-1-2-8-15-14(19)16-11-4-3-5-12-10(11)7-9-20-12/h7,9,11H,1-6,8H2,(H,17,18)(H2,15,16,19). The maximum absolute atomic E-state index is 11.8. The van der Waals surface area contributed by atoms with Gasteiger partial charge in [0.2, 0.25) is 0 Å². The number of carbonyl (C=O) groups excluding carboxylic acids is 1. The molecule has 1 aliphatic carbocycles. The summed E-state index contributed by atoms with van der Waals surface area (Å²) in [5.74, 6) is -0.790. The van der Waals surface area contributed by atoms with Crippen molar-refractivity contribution in [1.29, 1.82) is 0 Å². The molecule has 0 bridgehead atoms. The fourth-order valence-corrected chi connectivity index (χ4v) is 3.44. The van der Waals surface area contributed by atoms with Crippen LogP contribution in [-0.2, 0) is 11.2 Å². The van der Waals surface area contributed by atoms with E-state index in [0.29, 0.717) is 19.4 Å². The third kappa shape index (κ3) is 4.23. The minimum Gasteiger partial charge on any atom is -0.481 e. The highest BCUT2D eigenvalue weighted by Gasteiger charge is 2.22. The van der Waals surface area contributed by atoms with Crippen molar-refractivity contribution in [2.24, 2.45) is 0 Å². The summed E-state index contributed by atoms with van der Waals surface area (Å²) >= 11 is 1.76. The molecule has 0 saturated heterocycles. The SMILES string of the molecule is O=C(O)CCCCNC(=O)NC1CCCc2sccc21. The molecule has 0 saturated carbocycles. The van der Waals surface area contributed by atoms with Crippen LogP contribution in [0, 0.1) is 0 Å². The molecule has 20 heavy (non-hydrogen) atoms. The average molecular weight is 296 g/mol. The van der Waals surface area contributed by atoms with Crippen LogP contribution in [0.4, 0.5) is 4.79 Å². The first-order valence-electron chi connectivity index (χ1n) is 6.99. The molecule has 2 rings (SSSR count). The fourth-order valence-electron chi connectivity index (χ4n) is 2.45. The highest BCUT2D eigenvalue weighted by molar-refractivity contribution is 7.10. The van der Waals surface area contributed by atoms with Crippen molar-refractivity contribution >= 4 is 23.3 Å². The summed E-state index contributed by atoms with van der Waals surface area (Å²) in [6.45, 7) is 0.516. The summed E-state index contributed by atoms with van der Waals surface area (Å²) in [6.07, 6.45) is 4.64. The van der Waals surface area contributed by atoms with Crippen molar-refractivity contribution < 1.29 is 14.7 Å². The zero-order valence-electron chi connectivity index (χ0n) is 11.4. The molecule has 3 N–H and O–H groups in total. The van der Waals surface area contributed by atoms with Gasteiger partial charge < -0.3 is 15.7 Å². The van der Waals surface area contributed by atoms with Gasteiger partial charge in [-0.15, -0.1) is 11.3 Å². The Kier molecular flexibility index (Phi) is 5.40. The normalized spacial score (nSPS) is 17.3. The maximum atomic E-state index is 11.8. The Morgan fingerprint density at radius 2 is 2.25 bits per heavy atom. The van der Waals surface area contributed by atoms with E-state index < -0.39 is 5.97 Å². The summed E-state index contributed by atoms with van der Waals surface area (Å²) < 4.78 is 0. The molecule has 6 heteroatoms. The van der Waals surface area contributed by atoms with E-state index in [9.17, 15) is 9.59 Å². The summed E-state index contributed by atoms with van der Waals surface area (Å²) in [4.78, 5) is 23.5. The van der Waals surface area contributed by atoms with Crippen LogP contribution in [0.3, 0.4) is 0 Å². The number of amides is 2. The number of nitrogens with one attached hydrogen (secondary N) is 2. The molecule has 1 unspecified atom stereocenters.